The molecular weight excluding hydrogens is 250 g/mol. The van der Waals surface area contributed by atoms with E-state index >= 15 is 0 Å². The van der Waals surface area contributed by atoms with Crippen molar-refractivity contribution in [2.24, 2.45) is 0 Å². The number of rotatable bonds is 3. The molecule has 0 saturated carbocycles. The summed E-state index contributed by atoms with van der Waals surface area (Å²) in [7, 11) is 0. The summed E-state index contributed by atoms with van der Waals surface area (Å²) in [4.78, 5) is 13.7. The van der Waals surface area contributed by atoms with Gasteiger partial charge in [0.05, 0.1) is 0 Å². The number of hydrogen-bond donors (Lipinski definition) is 0. The number of carbonyl (C=O) groups excluding carboxylic acids is 1. The van der Waals surface area contributed by atoms with Gasteiger partial charge >= 0.3 is 6.09 Å². The minimum atomic E-state index is -0.498. The molecule has 0 spiro atoms. The monoisotopic (exact) mass is 269 g/mol. The third-order valence-corrected chi connectivity index (χ3v) is 2.42. The first-order valence-corrected chi connectivity index (χ1v) is 6.47. The molecule has 0 aliphatic heterocycles. The van der Waals surface area contributed by atoms with Gasteiger partial charge in [0.1, 0.15) is 5.60 Å². The molecule has 0 aliphatic carbocycles. The van der Waals surface area contributed by atoms with Gasteiger partial charge in [0.25, 0.3) is 0 Å². The zero-order chi connectivity index (χ0) is 13.8. The molecule has 0 bridgehead atoms. The molecule has 0 unspecified atom stereocenters. The van der Waals surface area contributed by atoms with E-state index in [0.29, 0.717) is 11.6 Å². The fourth-order valence-electron chi connectivity index (χ4n) is 1.51. The average molecular weight is 270 g/mol. The van der Waals surface area contributed by atoms with Crippen molar-refractivity contribution in [2.45, 2.75) is 39.7 Å². The Morgan fingerprint density at radius 3 is 2.56 bits per heavy atom. The molecule has 0 atom stereocenters. The van der Waals surface area contributed by atoms with Crippen molar-refractivity contribution in [3.63, 3.8) is 0 Å². The van der Waals surface area contributed by atoms with Gasteiger partial charge in [0.15, 0.2) is 0 Å². The Hall–Kier alpha value is -1.22. The molecule has 100 valence electrons. The van der Waals surface area contributed by atoms with E-state index in [4.69, 9.17) is 16.3 Å². The molecule has 1 amide bonds. The topological polar surface area (TPSA) is 29.5 Å². The maximum Gasteiger partial charge on any atom is 0.414 e. The first-order valence-electron chi connectivity index (χ1n) is 6.09. The highest BCUT2D eigenvalue weighted by atomic mass is 35.5. The number of benzene rings is 1. The van der Waals surface area contributed by atoms with Crippen LogP contribution in [0.2, 0.25) is 5.02 Å². The van der Waals surface area contributed by atoms with Crippen LogP contribution in [0, 0.1) is 0 Å². The van der Waals surface area contributed by atoms with Crippen molar-refractivity contribution < 1.29 is 9.53 Å². The minimum Gasteiger partial charge on any atom is -0.443 e. The van der Waals surface area contributed by atoms with E-state index in [9.17, 15) is 4.79 Å². The quantitative estimate of drug-likeness (QED) is 0.809. The van der Waals surface area contributed by atoms with Gasteiger partial charge < -0.3 is 4.74 Å². The van der Waals surface area contributed by atoms with Crippen molar-refractivity contribution in [3.05, 3.63) is 29.3 Å². The summed E-state index contributed by atoms with van der Waals surface area (Å²) in [5, 5.41) is 0.608. The lowest BCUT2D eigenvalue weighted by Gasteiger charge is -2.27. The Morgan fingerprint density at radius 2 is 2.06 bits per heavy atom. The lowest BCUT2D eigenvalue weighted by molar-refractivity contribution is 0.0580. The Morgan fingerprint density at radius 1 is 1.39 bits per heavy atom. The summed E-state index contributed by atoms with van der Waals surface area (Å²) < 4.78 is 5.39. The Kier molecular flexibility index (Phi) is 5.03. The SMILES string of the molecule is CCCN(C(=O)OC(C)(C)C)c1cccc(Cl)c1. The molecule has 1 aromatic carbocycles. The van der Waals surface area contributed by atoms with E-state index in [0.717, 1.165) is 12.1 Å². The third kappa shape index (κ3) is 4.57. The molecule has 0 fully saturated rings. The summed E-state index contributed by atoms with van der Waals surface area (Å²) in [6, 6.07) is 7.22. The van der Waals surface area contributed by atoms with Crippen LogP contribution >= 0.6 is 11.6 Å². The molecule has 1 rings (SSSR count). The third-order valence-electron chi connectivity index (χ3n) is 2.18. The van der Waals surface area contributed by atoms with Crippen LogP contribution in [0.4, 0.5) is 10.5 Å². The molecule has 0 aromatic heterocycles. The summed E-state index contributed by atoms with van der Waals surface area (Å²) in [6.45, 7) is 8.18. The summed E-state index contributed by atoms with van der Waals surface area (Å²) in [6.07, 6.45) is 0.512. The molecule has 3 nitrogen and oxygen atoms in total. The van der Waals surface area contributed by atoms with Crippen LogP contribution in [0.5, 0.6) is 0 Å². The van der Waals surface area contributed by atoms with Crippen LogP contribution in [0.1, 0.15) is 34.1 Å². The zero-order valence-corrected chi connectivity index (χ0v) is 12.1. The summed E-state index contributed by atoms with van der Waals surface area (Å²) in [5.41, 5.74) is 0.264. The maximum absolute atomic E-state index is 12.1. The number of ether oxygens (including phenoxy) is 1. The minimum absolute atomic E-state index is 0.341. The summed E-state index contributed by atoms with van der Waals surface area (Å²) in [5.74, 6) is 0. The second-order valence-corrected chi connectivity index (χ2v) is 5.55. The smallest absolute Gasteiger partial charge is 0.414 e. The lowest BCUT2D eigenvalue weighted by atomic mass is 10.2. The molecule has 1 aromatic rings. The molecule has 0 saturated heterocycles. The molecule has 4 heteroatoms. The maximum atomic E-state index is 12.1. The highest BCUT2D eigenvalue weighted by Crippen LogP contribution is 2.22. The molecule has 0 aliphatic rings. The van der Waals surface area contributed by atoms with E-state index in [1.807, 2.05) is 39.8 Å². The first-order chi connectivity index (χ1) is 8.33. The van der Waals surface area contributed by atoms with Crippen LogP contribution in [0.3, 0.4) is 0 Å². The predicted octanol–water partition coefficient (Wildman–Crippen LogP) is 4.49. The largest absolute Gasteiger partial charge is 0.443 e. The van der Waals surface area contributed by atoms with Crippen molar-refractivity contribution in [1.82, 2.24) is 0 Å². The highest BCUT2D eigenvalue weighted by Gasteiger charge is 2.22. The van der Waals surface area contributed by atoms with E-state index in [-0.39, 0.29) is 6.09 Å². The van der Waals surface area contributed by atoms with Crippen molar-refractivity contribution >= 4 is 23.4 Å². The van der Waals surface area contributed by atoms with Gasteiger partial charge in [-0.3, -0.25) is 4.90 Å². The van der Waals surface area contributed by atoms with Crippen molar-refractivity contribution in [1.29, 1.82) is 0 Å². The van der Waals surface area contributed by atoms with Crippen LogP contribution in [-0.2, 0) is 4.74 Å². The van der Waals surface area contributed by atoms with Gasteiger partial charge in [0.2, 0.25) is 0 Å². The van der Waals surface area contributed by atoms with Gasteiger partial charge in [-0.2, -0.15) is 0 Å². The number of hydrogen-bond acceptors (Lipinski definition) is 2. The van der Waals surface area contributed by atoms with E-state index in [1.165, 1.54) is 0 Å². The second kappa shape index (κ2) is 6.10. The van der Waals surface area contributed by atoms with Crippen molar-refractivity contribution in [3.8, 4) is 0 Å². The van der Waals surface area contributed by atoms with Gasteiger partial charge in [-0.05, 0) is 45.4 Å². The van der Waals surface area contributed by atoms with Crippen LogP contribution in [-0.4, -0.2) is 18.2 Å². The summed E-state index contributed by atoms with van der Waals surface area (Å²) >= 11 is 5.95. The number of nitrogens with zero attached hydrogens (tertiary/aromatic N) is 1. The molecular formula is C14H20ClNO2. The standard InChI is InChI=1S/C14H20ClNO2/c1-5-9-16(13(17)18-14(2,3)4)12-8-6-7-11(15)10-12/h6-8,10H,5,9H2,1-4H3. The number of halogens is 1. The second-order valence-electron chi connectivity index (χ2n) is 5.11. The van der Waals surface area contributed by atoms with Crippen LogP contribution < -0.4 is 4.90 Å². The van der Waals surface area contributed by atoms with Gasteiger partial charge in [-0.25, -0.2) is 4.79 Å². The van der Waals surface area contributed by atoms with Gasteiger partial charge in [-0.15, -0.1) is 0 Å². The molecule has 0 N–H and O–H groups in total. The number of carbonyl (C=O) groups is 1. The lowest BCUT2D eigenvalue weighted by Crippen LogP contribution is -2.37. The van der Waals surface area contributed by atoms with E-state index < -0.39 is 5.60 Å². The Labute approximate surface area is 114 Å². The number of anilines is 1. The number of amides is 1. The van der Waals surface area contributed by atoms with Gasteiger partial charge in [0, 0.05) is 17.3 Å². The first kappa shape index (κ1) is 14.8. The Bertz CT molecular complexity index is 413. The van der Waals surface area contributed by atoms with Crippen LogP contribution in [0.25, 0.3) is 0 Å². The zero-order valence-electron chi connectivity index (χ0n) is 11.4. The van der Waals surface area contributed by atoms with E-state index in [1.54, 1.807) is 17.0 Å². The predicted molar refractivity (Wildman–Crippen MR) is 75.3 cm³/mol. The van der Waals surface area contributed by atoms with Crippen molar-refractivity contribution in [2.75, 3.05) is 11.4 Å². The van der Waals surface area contributed by atoms with E-state index in [2.05, 4.69) is 0 Å². The fourth-order valence-corrected chi connectivity index (χ4v) is 1.69. The molecule has 0 heterocycles. The molecule has 18 heavy (non-hydrogen) atoms. The highest BCUT2D eigenvalue weighted by molar-refractivity contribution is 6.30. The fraction of sp³-hybridized carbons (Fsp3) is 0.500. The average Bonchev–Trinajstić information content (AvgIpc) is 2.23. The molecule has 0 radical (unpaired) electrons. The Balaban J connectivity index is 2.92. The normalized spacial score (nSPS) is 11.2. The van der Waals surface area contributed by atoms with Crippen LogP contribution in [0.15, 0.2) is 24.3 Å². The van der Waals surface area contributed by atoms with Gasteiger partial charge in [-0.1, -0.05) is 24.6 Å².